The molecule has 31 heavy (non-hydrogen) atoms. The molecule has 11 heteroatoms. The molecule has 0 bridgehead atoms. The maximum Gasteiger partial charge on any atom is 0.490 e. The summed E-state index contributed by atoms with van der Waals surface area (Å²) in [5.74, 6) is -1.63. The average Bonchev–Trinajstić information content (AvgIpc) is 3.42. The van der Waals surface area contributed by atoms with Gasteiger partial charge in [0.2, 0.25) is 0 Å². The molecule has 2 unspecified atom stereocenters. The van der Waals surface area contributed by atoms with E-state index in [0.717, 1.165) is 30.4 Å². The van der Waals surface area contributed by atoms with Crippen LogP contribution in [0.4, 0.5) is 13.2 Å². The Kier molecular flexibility index (Phi) is 7.24. The van der Waals surface area contributed by atoms with Crippen LogP contribution in [-0.4, -0.2) is 55.9 Å². The number of H-pyrrole nitrogens is 1. The molecule has 7 nitrogen and oxygen atoms in total. The molecule has 164 valence electrons. The molecular formula is C20H19ClF3N5O2. The fraction of sp³-hybridized carbons (Fsp3) is 0.300. The lowest BCUT2D eigenvalue weighted by atomic mass is 9.97. The maximum absolute atomic E-state index is 10.6. The smallest absolute Gasteiger partial charge is 0.475 e. The predicted octanol–water partition coefficient (Wildman–Crippen LogP) is 4.07. The summed E-state index contributed by atoms with van der Waals surface area (Å²) in [5, 5.41) is 22.5. The van der Waals surface area contributed by atoms with Crippen molar-refractivity contribution in [2.45, 2.75) is 24.6 Å². The fourth-order valence-electron chi connectivity index (χ4n) is 3.47. The fourth-order valence-corrected chi connectivity index (χ4v) is 3.60. The minimum atomic E-state index is -5.08. The molecular weight excluding hydrogens is 435 g/mol. The number of tetrazole rings is 1. The van der Waals surface area contributed by atoms with Crippen molar-refractivity contribution >= 4 is 17.6 Å². The van der Waals surface area contributed by atoms with Crippen molar-refractivity contribution in [1.29, 1.82) is 0 Å². The van der Waals surface area contributed by atoms with Gasteiger partial charge in [-0.05, 0) is 36.2 Å². The number of benzene rings is 2. The van der Waals surface area contributed by atoms with Crippen molar-refractivity contribution in [1.82, 2.24) is 25.5 Å². The quantitative estimate of drug-likeness (QED) is 0.618. The van der Waals surface area contributed by atoms with Crippen LogP contribution in [0.3, 0.4) is 0 Å². The Bertz CT molecular complexity index is 969. The van der Waals surface area contributed by atoms with E-state index in [-0.39, 0.29) is 6.04 Å². The Hall–Kier alpha value is -2.98. The van der Waals surface area contributed by atoms with Crippen molar-refractivity contribution in [3.05, 3.63) is 76.6 Å². The van der Waals surface area contributed by atoms with Gasteiger partial charge in [0.25, 0.3) is 0 Å². The molecule has 4 rings (SSSR count). The van der Waals surface area contributed by atoms with E-state index < -0.39 is 12.1 Å². The molecule has 1 fully saturated rings. The zero-order valence-corrected chi connectivity index (χ0v) is 16.9. The molecule has 1 aromatic heterocycles. The van der Waals surface area contributed by atoms with E-state index in [0.29, 0.717) is 5.92 Å². The van der Waals surface area contributed by atoms with Crippen molar-refractivity contribution in [3.63, 3.8) is 0 Å². The first-order valence-electron chi connectivity index (χ1n) is 9.33. The molecule has 2 N–H and O–H groups in total. The van der Waals surface area contributed by atoms with E-state index in [4.69, 9.17) is 21.5 Å². The van der Waals surface area contributed by atoms with Crippen LogP contribution in [0, 0.1) is 0 Å². The van der Waals surface area contributed by atoms with Crippen LogP contribution in [-0.2, 0) is 4.79 Å². The number of carboxylic acids is 1. The van der Waals surface area contributed by atoms with E-state index in [1.54, 1.807) is 0 Å². The normalized spacial score (nSPS) is 17.6. The molecule has 2 aromatic carbocycles. The van der Waals surface area contributed by atoms with Gasteiger partial charge < -0.3 is 5.11 Å². The number of nitrogens with one attached hydrogen (secondary N) is 1. The lowest BCUT2D eigenvalue weighted by Gasteiger charge is -2.29. The van der Waals surface area contributed by atoms with E-state index in [9.17, 15) is 13.2 Å². The number of aromatic amines is 1. The van der Waals surface area contributed by atoms with Gasteiger partial charge in [-0.15, -0.1) is 10.2 Å². The summed E-state index contributed by atoms with van der Waals surface area (Å²) < 4.78 is 31.7. The number of nitrogens with zero attached hydrogens (tertiary/aromatic N) is 4. The van der Waals surface area contributed by atoms with Crippen LogP contribution in [0.25, 0.3) is 0 Å². The van der Waals surface area contributed by atoms with Crippen molar-refractivity contribution in [3.8, 4) is 0 Å². The van der Waals surface area contributed by atoms with Crippen molar-refractivity contribution in [2.24, 2.45) is 0 Å². The summed E-state index contributed by atoms with van der Waals surface area (Å²) in [6.07, 6.45) is -4.05. The summed E-state index contributed by atoms with van der Waals surface area (Å²) in [4.78, 5) is 11.4. The number of hydrogen-bond acceptors (Lipinski definition) is 5. The summed E-state index contributed by atoms with van der Waals surface area (Å²) >= 11 is 6.07. The molecule has 0 aliphatic carbocycles. The van der Waals surface area contributed by atoms with E-state index >= 15 is 0 Å². The highest BCUT2D eigenvalue weighted by Crippen LogP contribution is 2.35. The van der Waals surface area contributed by atoms with Gasteiger partial charge in [-0.2, -0.15) is 18.4 Å². The van der Waals surface area contributed by atoms with Crippen molar-refractivity contribution < 1.29 is 23.1 Å². The molecule has 2 atom stereocenters. The average molecular weight is 454 g/mol. The Morgan fingerprint density at radius 2 is 1.74 bits per heavy atom. The Morgan fingerprint density at radius 1 is 1.13 bits per heavy atom. The lowest BCUT2D eigenvalue weighted by Crippen LogP contribution is -2.27. The SMILES string of the molecule is Clc1ccc(C(c2ccccc2)N2CCC(c3nn[nH]n3)C2)cc1.O=C(O)C(F)(F)F. The van der Waals surface area contributed by atoms with Gasteiger partial charge in [-0.25, -0.2) is 4.79 Å². The Morgan fingerprint density at radius 3 is 2.29 bits per heavy atom. The van der Waals surface area contributed by atoms with Gasteiger partial charge in [0, 0.05) is 17.5 Å². The third kappa shape index (κ3) is 6.02. The van der Waals surface area contributed by atoms with Gasteiger partial charge >= 0.3 is 12.1 Å². The number of rotatable bonds is 4. The Balaban J connectivity index is 0.000000339. The monoisotopic (exact) mass is 453 g/mol. The molecule has 3 aromatic rings. The lowest BCUT2D eigenvalue weighted by molar-refractivity contribution is -0.192. The highest BCUT2D eigenvalue weighted by atomic mass is 35.5. The topological polar surface area (TPSA) is 95.0 Å². The number of carboxylic acid groups (broad SMARTS) is 1. The van der Waals surface area contributed by atoms with Gasteiger partial charge in [-0.3, -0.25) is 4.90 Å². The van der Waals surface area contributed by atoms with E-state index in [2.05, 4.69) is 68.0 Å². The molecule has 1 aliphatic heterocycles. The van der Waals surface area contributed by atoms with E-state index in [1.165, 1.54) is 11.1 Å². The first-order valence-corrected chi connectivity index (χ1v) is 9.71. The van der Waals surface area contributed by atoms with Gasteiger partial charge in [0.15, 0.2) is 5.82 Å². The minimum absolute atomic E-state index is 0.209. The molecule has 0 saturated carbocycles. The molecule has 2 heterocycles. The van der Waals surface area contributed by atoms with Gasteiger partial charge in [0.1, 0.15) is 0 Å². The number of aromatic nitrogens is 4. The number of aliphatic carboxylic acids is 1. The Labute approximate surface area is 180 Å². The summed E-state index contributed by atoms with van der Waals surface area (Å²) in [5.41, 5.74) is 2.54. The summed E-state index contributed by atoms with van der Waals surface area (Å²) in [6, 6.07) is 18.9. The van der Waals surface area contributed by atoms with Crippen LogP contribution in [0.2, 0.25) is 5.02 Å². The highest BCUT2D eigenvalue weighted by Gasteiger charge is 2.38. The van der Waals surface area contributed by atoms with Crippen LogP contribution < -0.4 is 0 Å². The third-order valence-corrected chi connectivity index (χ3v) is 5.11. The predicted molar refractivity (Wildman–Crippen MR) is 107 cm³/mol. The van der Waals surface area contributed by atoms with Crippen LogP contribution in [0.5, 0.6) is 0 Å². The highest BCUT2D eigenvalue weighted by molar-refractivity contribution is 6.30. The first kappa shape index (κ1) is 22.7. The number of likely N-dealkylation sites (tertiary alicyclic amines) is 1. The zero-order valence-electron chi connectivity index (χ0n) is 16.1. The molecule has 0 radical (unpaired) electrons. The number of hydrogen-bond donors (Lipinski definition) is 2. The van der Waals surface area contributed by atoms with Gasteiger partial charge in [0.05, 0.1) is 6.04 Å². The second-order valence-electron chi connectivity index (χ2n) is 6.92. The summed E-state index contributed by atoms with van der Waals surface area (Å²) in [7, 11) is 0. The minimum Gasteiger partial charge on any atom is -0.475 e. The largest absolute Gasteiger partial charge is 0.490 e. The summed E-state index contributed by atoms with van der Waals surface area (Å²) in [6.45, 7) is 1.92. The molecule has 1 saturated heterocycles. The second-order valence-corrected chi connectivity index (χ2v) is 7.35. The maximum atomic E-state index is 10.6. The van der Waals surface area contributed by atoms with Gasteiger partial charge in [-0.1, -0.05) is 59.3 Å². The van der Waals surface area contributed by atoms with Crippen LogP contribution >= 0.6 is 11.6 Å². The standard InChI is InChI=1S/C18H18ClN5.C2HF3O2/c19-16-8-6-14(7-9-16)17(13-4-2-1-3-5-13)24-11-10-15(12-24)18-20-22-23-21-18;3-2(4,5)1(6)7/h1-9,15,17H,10-12H2,(H,20,21,22,23);(H,6,7). The molecule has 0 amide bonds. The van der Waals surface area contributed by atoms with Crippen molar-refractivity contribution in [2.75, 3.05) is 13.1 Å². The number of halogens is 4. The third-order valence-electron chi connectivity index (χ3n) is 4.86. The second kappa shape index (κ2) is 9.88. The number of carbonyl (C=O) groups is 1. The van der Waals surface area contributed by atoms with Crippen LogP contribution in [0.15, 0.2) is 54.6 Å². The molecule has 1 aliphatic rings. The van der Waals surface area contributed by atoms with Crippen LogP contribution in [0.1, 0.15) is 35.3 Å². The van der Waals surface area contributed by atoms with E-state index in [1.807, 2.05) is 12.1 Å². The first-order chi connectivity index (χ1) is 14.8. The zero-order chi connectivity index (χ0) is 22.4. The number of alkyl halides is 3. The molecule has 0 spiro atoms.